The first-order chi connectivity index (χ1) is 54.7. The Kier molecular flexibility index (Phi) is 26.9. The first kappa shape index (κ1) is 83.1. The van der Waals surface area contributed by atoms with Crippen LogP contribution in [0.4, 0.5) is 21.0 Å². The molecule has 0 bridgehead atoms. The van der Waals surface area contributed by atoms with Gasteiger partial charge in [-0.1, -0.05) is 48.9 Å². The summed E-state index contributed by atoms with van der Waals surface area (Å²) in [5, 5.41) is 86.7. The third kappa shape index (κ3) is 18.4. The number of anilines is 2. The highest BCUT2D eigenvalue weighted by molar-refractivity contribution is 6.15. The number of methoxy groups -OCH3 is 2. The minimum absolute atomic E-state index is 0.00938. The first-order valence-corrected chi connectivity index (χ1v) is 37.8. The van der Waals surface area contributed by atoms with Crippen LogP contribution in [0.15, 0.2) is 114 Å². The van der Waals surface area contributed by atoms with Crippen molar-refractivity contribution in [2.24, 2.45) is 4.99 Å². The van der Waals surface area contributed by atoms with Gasteiger partial charge in [-0.25, -0.2) is 19.4 Å². The van der Waals surface area contributed by atoms with Crippen LogP contribution in [-0.2, 0) is 51.3 Å². The number of fused-ring (bicyclic) bond motifs is 4. The Balaban J connectivity index is 0.699. The van der Waals surface area contributed by atoms with Gasteiger partial charge in [0.2, 0.25) is 12.6 Å². The number of rotatable bonds is 33. The molecule has 8 aliphatic rings. The molecule has 33 nitrogen and oxygen atoms in total. The molecule has 2 unspecified atom stereocenters. The molecule has 0 saturated carbocycles. The summed E-state index contributed by atoms with van der Waals surface area (Å²) in [6.45, 7) is 8.77. The number of amides is 6. The van der Waals surface area contributed by atoms with Gasteiger partial charge in [0.1, 0.15) is 73.1 Å². The number of hydrogen-bond donors (Lipinski definition) is 8. The molecule has 33 heteroatoms. The number of imide groups is 1. The molecule has 4 saturated heterocycles. The van der Waals surface area contributed by atoms with E-state index in [4.69, 9.17) is 47.4 Å². The third-order valence-corrected chi connectivity index (χ3v) is 21.1. The highest BCUT2D eigenvalue weighted by atomic mass is 16.7. The Bertz CT molecular complexity index is 4450. The fourth-order valence-electron chi connectivity index (χ4n) is 14.9. The van der Waals surface area contributed by atoms with Gasteiger partial charge in [-0.2, -0.15) is 0 Å². The molecule has 4 fully saturated rings. The Hall–Kier alpha value is -10.3. The van der Waals surface area contributed by atoms with Gasteiger partial charge >= 0.3 is 12.2 Å². The Morgan fingerprint density at radius 1 is 0.561 bits per heavy atom. The van der Waals surface area contributed by atoms with E-state index in [9.17, 15) is 84.0 Å². The predicted molar refractivity (Wildman–Crippen MR) is 402 cm³/mol. The van der Waals surface area contributed by atoms with E-state index in [2.05, 4.69) is 18.2 Å². The van der Waals surface area contributed by atoms with Crippen molar-refractivity contribution >= 4 is 70.8 Å². The van der Waals surface area contributed by atoms with Gasteiger partial charge in [-0.15, -0.1) is 0 Å². The number of allylic oxidation sites excluding steroid dienone is 1. The van der Waals surface area contributed by atoms with Crippen molar-refractivity contribution in [3.8, 4) is 28.7 Å². The Morgan fingerprint density at radius 3 is 1.56 bits per heavy atom. The van der Waals surface area contributed by atoms with Crippen molar-refractivity contribution in [2.45, 2.75) is 190 Å². The monoisotopic (exact) mass is 1580 g/mol. The lowest BCUT2D eigenvalue weighted by Crippen LogP contribution is -2.54. The average Bonchev–Trinajstić information content (AvgIpc) is 1.60. The van der Waals surface area contributed by atoms with E-state index in [0.29, 0.717) is 72.9 Å². The number of aryl methyl sites for hydroxylation is 1. The molecule has 114 heavy (non-hydrogen) atoms. The van der Waals surface area contributed by atoms with Crippen molar-refractivity contribution in [3.05, 3.63) is 148 Å². The van der Waals surface area contributed by atoms with Crippen molar-refractivity contribution < 1.29 is 131 Å². The van der Waals surface area contributed by atoms with Crippen LogP contribution in [0.1, 0.15) is 148 Å². The fraction of sp³-hybridized carbons (Fsp3) is 0.481. The van der Waals surface area contributed by atoms with Crippen molar-refractivity contribution in [2.75, 3.05) is 70.1 Å². The van der Waals surface area contributed by atoms with E-state index in [0.717, 1.165) is 26.9 Å². The van der Waals surface area contributed by atoms with E-state index in [1.165, 1.54) is 78.6 Å². The van der Waals surface area contributed by atoms with Crippen molar-refractivity contribution in [1.82, 2.24) is 14.7 Å². The van der Waals surface area contributed by atoms with Gasteiger partial charge in [-0.3, -0.25) is 43.5 Å². The minimum atomic E-state index is -1.74. The topological polar surface area (TPSA) is 436 Å². The highest BCUT2D eigenvalue weighted by Gasteiger charge is 2.49. The van der Waals surface area contributed by atoms with Gasteiger partial charge in [0.05, 0.1) is 79.2 Å². The predicted octanol–water partition coefficient (Wildman–Crippen LogP) is 5.11. The van der Waals surface area contributed by atoms with E-state index < -0.39 is 147 Å². The number of aliphatic hydroxyl groups excluding tert-OH is 8. The van der Waals surface area contributed by atoms with Crippen LogP contribution in [-0.4, -0.2) is 255 Å². The van der Waals surface area contributed by atoms with E-state index in [1.54, 1.807) is 19.2 Å². The number of carbonyl (C=O) groups excluding carboxylic acids is 9. The summed E-state index contributed by atoms with van der Waals surface area (Å²) >= 11 is 0. The number of hydrogen-bond acceptors (Lipinski definition) is 28. The Morgan fingerprint density at radius 2 is 1.05 bits per heavy atom. The summed E-state index contributed by atoms with van der Waals surface area (Å²) in [6, 6.07) is 11.5. The maximum atomic E-state index is 14.7. The van der Waals surface area contributed by atoms with Crippen LogP contribution < -0.4 is 33.5 Å². The lowest BCUT2D eigenvalue weighted by molar-refractivity contribution is -0.242. The number of ketones is 3. The van der Waals surface area contributed by atoms with Gasteiger partial charge < -0.3 is 98.0 Å². The Labute approximate surface area is 655 Å². The third-order valence-electron chi connectivity index (χ3n) is 21.1. The maximum Gasteiger partial charge on any atom is 0.416 e. The van der Waals surface area contributed by atoms with Crippen LogP contribution in [0.2, 0.25) is 0 Å². The number of aliphatic imine (C=N–C) groups is 1. The smallest absolute Gasteiger partial charge is 0.416 e. The van der Waals surface area contributed by atoms with Crippen molar-refractivity contribution in [3.63, 3.8) is 0 Å². The molecule has 6 amide bonds. The van der Waals surface area contributed by atoms with Crippen LogP contribution in [0.5, 0.6) is 28.7 Å². The zero-order valence-electron chi connectivity index (χ0n) is 63.3. The molecule has 4 aromatic rings. The lowest BCUT2D eigenvalue weighted by Gasteiger charge is -2.35. The molecule has 0 aromatic heterocycles. The van der Waals surface area contributed by atoms with Crippen LogP contribution in [0.25, 0.3) is 0 Å². The van der Waals surface area contributed by atoms with Gasteiger partial charge in [0.25, 0.3) is 23.6 Å². The van der Waals surface area contributed by atoms with Crippen LogP contribution >= 0.6 is 0 Å². The zero-order chi connectivity index (χ0) is 81.3. The normalized spacial score (nSPS) is 24.7. The molecule has 12 rings (SSSR count). The molecule has 8 aliphatic heterocycles. The van der Waals surface area contributed by atoms with Gasteiger partial charge in [0.15, 0.2) is 41.3 Å². The number of benzene rings is 4. The molecular formula is C81H94N6O27. The number of aliphatic hydroxyl groups is 8. The molecule has 8 heterocycles. The highest BCUT2D eigenvalue weighted by Crippen LogP contribution is 2.44. The quantitative estimate of drug-likeness (QED) is 0.0133. The molecular weight excluding hydrogens is 1490 g/mol. The summed E-state index contributed by atoms with van der Waals surface area (Å²) in [6.07, 6.45) is -8.76. The molecule has 610 valence electrons. The minimum Gasteiger partial charge on any atom is -0.493 e. The maximum absolute atomic E-state index is 14.7. The van der Waals surface area contributed by atoms with Crippen LogP contribution in [0.3, 0.4) is 0 Å². The molecule has 4 aromatic carbocycles. The molecule has 0 aliphatic carbocycles. The van der Waals surface area contributed by atoms with Crippen LogP contribution in [0, 0.1) is 6.92 Å². The summed E-state index contributed by atoms with van der Waals surface area (Å²) in [5.74, 6) is -3.04. The zero-order valence-corrected chi connectivity index (χ0v) is 63.3. The number of carbonyl (C=O) groups is 9. The average molecular weight is 1580 g/mol. The second-order valence-corrected chi connectivity index (χ2v) is 29.2. The summed E-state index contributed by atoms with van der Waals surface area (Å²) in [4.78, 5) is 135. The summed E-state index contributed by atoms with van der Waals surface area (Å²) in [7, 11) is 2.86. The lowest BCUT2D eigenvalue weighted by atomic mass is 9.98. The standard InChI is InChI=1S/C81H94N6O27/c1-43-28-56-76(101)86(80(103)111-39-46-18-20-63(113-78-72(97)70(95)61(91)41-109-78)51(31-46)58(88)15-8-6-9-16-60(90)55(33-48-14-12-24-82-48)85-68(93)22-23-69(85)94)53-35-65(45(3)30-49(53)74(99)83(56)37-43)107-26-10-7-11-27-108-67-36-54-50(34-66(67)106-5)75(100)84-38-44(2)29-57(84)77(102)87(54)81(104)112-40-47-19-21-64(52(32-47)59(89)17-13-25-105-4)114-79-73(98)71(96)62(92)42-110-79/h14,18-24,30-32,34-36,55-57,61-62,70-73,76-79,91-92,95-98,101-102H,1-2,6-13,15-17,25-29,33,37-42H2,3-5H3/t55-,56-,57-,61+,62+,70-,71-,72+,73+,76?,77?,78-,79-/m0/s1. The molecule has 0 radical (unpaired) electrons. The fourth-order valence-corrected chi connectivity index (χ4v) is 14.9. The number of ether oxygens (including phenoxy) is 10. The first-order valence-electron chi connectivity index (χ1n) is 37.8. The SMILES string of the molecule is C=C1C[C@H]2C(O)N(C(=O)OCc3ccc(O[C@@H]4OC[C@@H](O)[C@H](O)[C@H]4O)c(C(=O)CCCCCC(=O)[C@H](CC4=CCC=N4)N4C(=O)C=CC4=O)c3)c3cc(OCCCCCOc4cc5c(cc4OC)C(=O)N4CC(=C)C[C@H]4C(O)N5C(=O)OCc4ccc(O[C@@H]5OC[C@@H](O)[C@H](O)[C@H]5O)c(C(=O)CCCOC)c4)c(C)cc3C(=O)N2C1. The van der Waals surface area contributed by atoms with E-state index >= 15 is 0 Å². The van der Waals surface area contributed by atoms with Crippen molar-refractivity contribution in [1.29, 1.82) is 0 Å². The molecule has 0 spiro atoms. The van der Waals surface area contributed by atoms with E-state index in [1.807, 2.05) is 6.08 Å². The summed E-state index contributed by atoms with van der Waals surface area (Å²) in [5.41, 5.74) is 2.88. The number of unbranched alkanes of at least 4 members (excludes halogenated alkanes) is 4. The number of Topliss-reactive ketones (excluding diaryl/α,β-unsaturated/α-hetero) is 3. The number of nitrogens with zero attached hydrogens (tertiary/aromatic N) is 6. The van der Waals surface area contributed by atoms with E-state index in [-0.39, 0.29) is 158 Å². The largest absolute Gasteiger partial charge is 0.493 e. The summed E-state index contributed by atoms with van der Waals surface area (Å²) < 4.78 is 58.1. The second-order valence-electron chi connectivity index (χ2n) is 29.2. The van der Waals surface area contributed by atoms with Gasteiger partial charge in [0, 0.05) is 95.1 Å². The second kappa shape index (κ2) is 36.9. The van der Waals surface area contributed by atoms with Gasteiger partial charge in [-0.05, 0) is 111 Å². The molecule has 13 atom stereocenters. The molecule has 8 N–H and O–H groups in total.